The largest absolute Gasteiger partial charge is 2.00 e. The second-order valence-corrected chi connectivity index (χ2v) is 6.15. The summed E-state index contributed by atoms with van der Waals surface area (Å²) in [5, 5.41) is 0. The molecule has 3 rings (SSSR count). The van der Waals surface area contributed by atoms with Crippen molar-refractivity contribution < 1.29 is 17.1 Å². The van der Waals surface area contributed by atoms with Gasteiger partial charge in [0.15, 0.2) is 0 Å². The van der Waals surface area contributed by atoms with Gasteiger partial charge in [-0.2, -0.15) is 30.3 Å². The van der Waals surface area contributed by atoms with Gasteiger partial charge in [0.1, 0.15) is 0 Å². The van der Waals surface area contributed by atoms with Crippen LogP contribution in [-0.2, 0) is 23.5 Å². The van der Waals surface area contributed by atoms with Crippen molar-refractivity contribution in [3.8, 4) is 0 Å². The fraction of sp³-hybridized carbons (Fsp3) is 0.273. The molecule has 0 radical (unpaired) electrons. The number of anilines is 1. The van der Waals surface area contributed by atoms with Crippen LogP contribution in [0.15, 0.2) is 84.9 Å². The van der Waals surface area contributed by atoms with E-state index < -0.39 is 0 Å². The van der Waals surface area contributed by atoms with E-state index in [9.17, 15) is 0 Å². The molecule has 128 valence electrons. The first-order chi connectivity index (χ1) is 11.2. The van der Waals surface area contributed by atoms with Gasteiger partial charge in [0.25, 0.3) is 0 Å². The molecule has 0 saturated heterocycles. The quantitative estimate of drug-likeness (QED) is 0.419. The summed E-state index contributed by atoms with van der Waals surface area (Å²) in [5.41, 5.74) is 2.73. The minimum absolute atomic E-state index is 0. The van der Waals surface area contributed by atoms with E-state index in [0.29, 0.717) is 12.1 Å². The summed E-state index contributed by atoms with van der Waals surface area (Å²) < 4.78 is 0. The minimum atomic E-state index is 0. The van der Waals surface area contributed by atoms with Gasteiger partial charge < -0.3 is 4.90 Å². The maximum absolute atomic E-state index is 2.49. The topological polar surface area (TPSA) is 3.24 Å². The van der Waals surface area contributed by atoms with Gasteiger partial charge >= 0.3 is 17.1 Å². The van der Waals surface area contributed by atoms with E-state index in [0.717, 1.165) is 6.42 Å². The zero-order valence-corrected chi connectivity index (χ0v) is 15.8. The molecule has 0 aliphatic rings. The summed E-state index contributed by atoms with van der Waals surface area (Å²) in [6.07, 6.45) is 1.09. The van der Waals surface area contributed by atoms with Gasteiger partial charge in [0.2, 0.25) is 0 Å². The molecule has 0 bridgehead atoms. The van der Waals surface area contributed by atoms with Gasteiger partial charge in [0, 0.05) is 12.1 Å². The number of hydrogen-bond acceptors (Lipinski definition) is 1. The Balaban J connectivity index is 0.000000412. The average Bonchev–Trinajstić information content (AvgIpc) is 3.24. The molecule has 0 spiro atoms. The van der Waals surface area contributed by atoms with Gasteiger partial charge in [-0.3, -0.25) is 0 Å². The third-order valence-electron chi connectivity index (χ3n) is 3.90. The third kappa shape index (κ3) is 6.39. The van der Waals surface area contributed by atoms with Crippen LogP contribution in [0.25, 0.3) is 0 Å². The predicted molar refractivity (Wildman–Crippen MR) is 101 cm³/mol. The summed E-state index contributed by atoms with van der Waals surface area (Å²) in [4.78, 5) is 2.49. The Hall–Kier alpha value is -1.76. The van der Waals surface area contributed by atoms with Crippen molar-refractivity contribution in [2.75, 3.05) is 4.90 Å². The molecule has 0 N–H and O–H groups in total. The Labute approximate surface area is 157 Å². The molecule has 0 amide bonds. The Morgan fingerprint density at radius 1 is 0.875 bits per heavy atom. The molecule has 0 saturated carbocycles. The predicted octanol–water partition coefficient (Wildman–Crippen LogP) is 5.65. The van der Waals surface area contributed by atoms with Crippen molar-refractivity contribution in [1.82, 2.24) is 0 Å². The second kappa shape index (κ2) is 10.9. The number of benzene rings is 1. The summed E-state index contributed by atoms with van der Waals surface area (Å²) in [5.74, 6) is 0. The van der Waals surface area contributed by atoms with E-state index in [-0.39, 0.29) is 17.1 Å². The van der Waals surface area contributed by atoms with Crippen molar-refractivity contribution in [3.63, 3.8) is 0 Å². The first-order valence-corrected chi connectivity index (χ1v) is 8.39. The molecule has 0 aliphatic heterocycles. The average molecular weight is 361 g/mol. The van der Waals surface area contributed by atoms with Crippen molar-refractivity contribution in [2.24, 2.45) is 0 Å². The van der Waals surface area contributed by atoms with Gasteiger partial charge in [-0.1, -0.05) is 36.0 Å². The summed E-state index contributed by atoms with van der Waals surface area (Å²) in [6.45, 7) is 6.82. The van der Waals surface area contributed by atoms with E-state index in [1.165, 1.54) is 11.3 Å². The standard InChI is InChI=1S/C17H22N.C5H5.Fe/c1-14(2)18(17-11-7-8-12-17)15(3)13-16-9-5-4-6-10-16;1-2-4-5-3-1;/h4-12,14-15H,13H2,1-3H3;1-5H;/q2*-1;+2. The normalized spacial score (nSPS) is 11.2. The summed E-state index contributed by atoms with van der Waals surface area (Å²) in [6, 6.07) is 30.4. The van der Waals surface area contributed by atoms with Crippen LogP contribution in [-0.4, -0.2) is 12.1 Å². The second-order valence-electron chi connectivity index (χ2n) is 6.15. The Morgan fingerprint density at radius 3 is 1.92 bits per heavy atom. The first kappa shape index (κ1) is 20.3. The fourth-order valence-corrected chi connectivity index (χ4v) is 2.97. The van der Waals surface area contributed by atoms with Gasteiger partial charge in [-0.25, -0.2) is 24.3 Å². The van der Waals surface area contributed by atoms with Crippen LogP contribution < -0.4 is 4.90 Å². The minimum Gasteiger partial charge on any atom is -0.419 e. The van der Waals surface area contributed by atoms with E-state index in [1.807, 2.05) is 30.3 Å². The van der Waals surface area contributed by atoms with Crippen molar-refractivity contribution in [1.29, 1.82) is 0 Å². The maximum atomic E-state index is 2.49. The van der Waals surface area contributed by atoms with Crippen LogP contribution in [0.4, 0.5) is 5.69 Å². The zero-order chi connectivity index (χ0) is 16.5. The van der Waals surface area contributed by atoms with Gasteiger partial charge in [0.05, 0.1) is 0 Å². The van der Waals surface area contributed by atoms with Crippen LogP contribution in [0.2, 0.25) is 0 Å². The van der Waals surface area contributed by atoms with E-state index in [2.05, 4.69) is 80.3 Å². The van der Waals surface area contributed by atoms with E-state index in [1.54, 1.807) is 0 Å². The molecule has 0 aliphatic carbocycles. The molecule has 1 atom stereocenters. The smallest absolute Gasteiger partial charge is 0.419 e. The molecule has 1 nitrogen and oxygen atoms in total. The van der Waals surface area contributed by atoms with Crippen LogP contribution in [0.5, 0.6) is 0 Å². The Morgan fingerprint density at radius 2 is 1.46 bits per heavy atom. The number of hydrogen-bond donors (Lipinski definition) is 0. The molecule has 3 aromatic carbocycles. The molecule has 0 heterocycles. The van der Waals surface area contributed by atoms with Crippen molar-refractivity contribution >= 4 is 5.69 Å². The zero-order valence-electron chi connectivity index (χ0n) is 14.7. The molecule has 1 unspecified atom stereocenters. The van der Waals surface area contributed by atoms with Crippen molar-refractivity contribution in [2.45, 2.75) is 39.3 Å². The summed E-state index contributed by atoms with van der Waals surface area (Å²) in [7, 11) is 0. The maximum Gasteiger partial charge on any atom is 2.00 e. The monoisotopic (exact) mass is 361 g/mol. The molecule has 24 heavy (non-hydrogen) atoms. The van der Waals surface area contributed by atoms with E-state index in [4.69, 9.17) is 0 Å². The molecular formula is C22H27FeN. The third-order valence-corrected chi connectivity index (χ3v) is 3.90. The molecule has 3 aromatic rings. The molecule has 0 fully saturated rings. The molecule has 2 heteroatoms. The Kier molecular flexibility index (Phi) is 9.22. The van der Waals surface area contributed by atoms with Crippen molar-refractivity contribution in [3.05, 3.63) is 90.5 Å². The van der Waals surface area contributed by atoms with E-state index >= 15 is 0 Å². The SMILES string of the molecule is CC(C)N([c-]1cccc1)C(C)Cc1ccccc1.[Fe+2].c1cc[cH-]c1. The Bertz CT molecular complexity index is 594. The van der Waals surface area contributed by atoms with Crippen LogP contribution in [0.3, 0.4) is 0 Å². The van der Waals surface area contributed by atoms with Crippen LogP contribution >= 0.6 is 0 Å². The molecule has 0 aromatic heterocycles. The van der Waals surface area contributed by atoms with Crippen LogP contribution in [0.1, 0.15) is 26.3 Å². The van der Waals surface area contributed by atoms with Crippen LogP contribution in [0, 0.1) is 0 Å². The first-order valence-electron chi connectivity index (χ1n) is 8.39. The fourth-order valence-electron chi connectivity index (χ4n) is 2.97. The number of rotatable bonds is 5. The summed E-state index contributed by atoms with van der Waals surface area (Å²) >= 11 is 0. The molecular weight excluding hydrogens is 334 g/mol. The number of nitrogens with zero attached hydrogens (tertiary/aromatic N) is 1. The van der Waals surface area contributed by atoms with Gasteiger partial charge in [-0.05, 0) is 32.8 Å². The van der Waals surface area contributed by atoms with Gasteiger partial charge in [-0.15, -0.1) is 0 Å².